The summed E-state index contributed by atoms with van der Waals surface area (Å²) in [4.78, 5) is 15.2. The van der Waals surface area contributed by atoms with E-state index in [0.29, 0.717) is 12.3 Å². The van der Waals surface area contributed by atoms with Gasteiger partial charge in [0.2, 0.25) is 5.95 Å². The van der Waals surface area contributed by atoms with Crippen LogP contribution < -0.4 is 5.32 Å². The lowest BCUT2D eigenvalue weighted by Gasteiger charge is -2.15. The predicted molar refractivity (Wildman–Crippen MR) is 92.4 cm³/mol. The zero-order valence-corrected chi connectivity index (χ0v) is 14.8. The Hall–Kier alpha value is -3.88. The summed E-state index contributed by atoms with van der Waals surface area (Å²) in [5.41, 5.74) is -3.82. The van der Waals surface area contributed by atoms with Crippen molar-refractivity contribution in [2.24, 2.45) is 0 Å². The zero-order chi connectivity index (χ0) is 22.2. The van der Waals surface area contributed by atoms with Gasteiger partial charge in [-0.2, -0.15) is 22.8 Å². The number of H-pyrrole nitrogens is 1. The quantitative estimate of drug-likeness (QED) is 0.481. The largest absolute Gasteiger partial charge is 0.435 e. The summed E-state index contributed by atoms with van der Waals surface area (Å²) in [6.45, 7) is 1.12. The average molecular weight is 425 g/mol. The average Bonchev–Trinajstić information content (AvgIpc) is 3.06. The number of fused-ring (bicyclic) bond motifs is 1. The third kappa shape index (κ3) is 3.69. The van der Waals surface area contributed by atoms with E-state index < -0.39 is 46.6 Å². The summed E-state index contributed by atoms with van der Waals surface area (Å²) in [5.74, 6) is -5.37. The number of nitriles is 1. The van der Waals surface area contributed by atoms with Crippen molar-refractivity contribution in [1.82, 2.24) is 15.2 Å². The monoisotopic (exact) mass is 425 g/mol. The number of aromatic nitrogens is 3. The molecule has 154 valence electrons. The summed E-state index contributed by atoms with van der Waals surface area (Å²) in [7, 11) is 0. The number of anilines is 1. The van der Waals surface area contributed by atoms with E-state index in [4.69, 9.17) is 5.26 Å². The van der Waals surface area contributed by atoms with Crippen molar-refractivity contribution in [2.75, 3.05) is 5.32 Å². The van der Waals surface area contributed by atoms with E-state index >= 15 is 0 Å². The number of aromatic amines is 1. The van der Waals surface area contributed by atoms with Gasteiger partial charge in [0.15, 0.2) is 17.3 Å². The number of rotatable bonds is 3. The molecule has 2 heterocycles. The Labute approximate surface area is 163 Å². The first-order valence-electron chi connectivity index (χ1n) is 8.02. The standard InChI is InChI=1S/C18H9F6N5O/c1-7-9(5-25)6-26-15(18(22,23)24)13(7)27-17(30)11(19)4-8-2-3-10-14(12(8)20)28-29-16(10)21/h2-4,6H,1H3,(H,27,30)(H,28,29)/b11-4-. The molecule has 3 aromatic rings. The summed E-state index contributed by atoms with van der Waals surface area (Å²) in [6.07, 6.45) is -3.90. The van der Waals surface area contributed by atoms with Crippen molar-refractivity contribution in [3.8, 4) is 6.07 Å². The number of nitrogens with one attached hydrogen (secondary N) is 2. The van der Waals surface area contributed by atoms with Crippen LogP contribution in [-0.4, -0.2) is 21.1 Å². The molecule has 0 aliphatic heterocycles. The molecule has 30 heavy (non-hydrogen) atoms. The molecule has 2 N–H and O–H groups in total. The minimum atomic E-state index is -5.00. The van der Waals surface area contributed by atoms with E-state index in [1.54, 1.807) is 11.4 Å². The van der Waals surface area contributed by atoms with E-state index in [-0.39, 0.29) is 22.0 Å². The van der Waals surface area contributed by atoms with Crippen LogP contribution in [0.25, 0.3) is 17.0 Å². The first kappa shape index (κ1) is 20.8. The maximum atomic E-state index is 14.3. The molecule has 0 spiro atoms. The van der Waals surface area contributed by atoms with Gasteiger partial charge in [0, 0.05) is 11.8 Å². The number of pyridine rings is 1. The maximum Gasteiger partial charge on any atom is 0.435 e. The highest BCUT2D eigenvalue weighted by Gasteiger charge is 2.37. The van der Waals surface area contributed by atoms with Crippen molar-refractivity contribution in [3.63, 3.8) is 0 Å². The molecule has 1 amide bonds. The van der Waals surface area contributed by atoms with Gasteiger partial charge >= 0.3 is 6.18 Å². The second kappa shape index (κ2) is 7.51. The fourth-order valence-electron chi connectivity index (χ4n) is 2.61. The minimum Gasteiger partial charge on any atom is -0.318 e. The fraction of sp³-hybridized carbons (Fsp3) is 0.111. The molecular formula is C18H9F6N5O. The Morgan fingerprint density at radius 2 is 2.00 bits per heavy atom. The van der Waals surface area contributed by atoms with Crippen LogP contribution >= 0.6 is 0 Å². The lowest BCUT2D eigenvalue weighted by molar-refractivity contribution is -0.140. The van der Waals surface area contributed by atoms with E-state index in [1.165, 1.54) is 0 Å². The molecule has 0 bridgehead atoms. The number of hydrogen-bond acceptors (Lipinski definition) is 4. The Bertz CT molecular complexity index is 1240. The number of alkyl halides is 3. The smallest absolute Gasteiger partial charge is 0.318 e. The van der Waals surface area contributed by atoms with Gasteiger partial charge in [-0.3, -0.25) is 9.89 Å². The molecule has 3 rings (SSSR count). The number of carbonyl (C=O) groups excluding carboxylic acids is 1. The highest BCUT2D eigenvalue weighted by Crippen LogP contribution is 2.36. The van der Waals surface area contributed by atoms with Gasteiger partial charge in [-0.25, -0.2) is 13.8 Å². The number of carbonyl (C=O) groups is 1. The summed E-state index contributed by atoms with van der Waals surface area (Å²) < 4.78 is 81.5. The van der Waals surface area contributed by atoms with Gasteiger partial charge in [-0.05, 0) is 24.6 Å². The van der Waals surface area contributed by atoms with Crippen molar-refractivity contribution < 1.29 is 31.1 Å². The number of nitrogens with zero attached hydrogens (tertiary/aromatic N) is 3. The van der Waals surface area contributed by atoms with Gasteiger partial charge < -0.3 is 5.32 Å². The van der Waals surface area contributed by atoms with Crippen LogP contribution in [0.15, 0.2) is 24.2 Å². The lowest BCUT2D eigenvalue weighted by atomic mass is 10.1. The summed E-state index contributed by atoms with van der Waals surface area (Å²) in [6, 6.07) is 3.65. The molecule has 0 atom stereocenters. The van der Waals surface area contributed by atoms with Gasteiger partial charge in [0.05, 0.1) is 16.6 Å². The zero-order valence-electron chi connectivity index (χ0n) is 14.8. The number of hydrogen-bond donors (Lipinski definition) is 2. The first-order chi connectivity index (χ1) is 14.0. The Balaban J connectivity index is 1.99. The molecule has 2 aromatic heterocycles. The lowest BCUT2D eigenvalue weighted by Crippen LogP contribution is -2.20. The fourth-order valence-corrected chi connectivity index (χ4v) is 2.61. The predicted octanol–water partition coefficient (Wildman–Crippen LogP) is 4.38. The molecular weight excluding hydrogens is 416 g/mol. The van der Waals surface area contributed by atoms with Crippen molar-refractivity contribution in [2.45, 2.75) is 13.1 Å². The highest BCUT2D eigenvalue weighted by molar-refractivity contribution is 6.06. The Morgan fingerprint density at radius 1 is 1.30 bits per heavy atom. The first-order valence-corrected chi connectivity index (χ1v) is 8.02. The third-order valence-electron chi connectivity index (χ3n) is 4.13. The number of benzene rings is 1. The van der Waals surface area contributed by atoms with Crippen LogP contribution in [0.1, 0.15) is 22.4 Å². The molecule has 6 nitrogen and oxygen atoms in total. The van der Waals surface area contributed by atoms with Crippen molar-refractivity contribution >= 4 is 28.6 Å². The molecule has 0 saturated heterocycles. The second-order valence-corrected chi connectivity index (χ2v) is 5.98. The van der Waals surface area contributed by atoms with Crippen LogP contribution in [0, 0.1) is 30.0 Å². The van der Waals surface area contributed by atoms with E-state index in [2.05, 4.69) is 15.2 Å². The second-order valence-electron chi connectivity index (χ2n) is 5.98. The normalized spacial score (nSPS) is 12.1. The van der Waals surface area contributed by atoms with Crippen LogP contribution in [-0.2, 0) is 11.0 Å². The SMILES string of the molecule is Cc1c(C#N)cnc(C(F)(F)F)c1NC(=O)/C(F)=C/c1ccc2c(F)n[nH]c2c1F. The summed E-state index contributed by atoms with van der Waals surface area (Å²) in [5, 5.41) is 15.7. The van der Waals surface area contributed by atoms with Crippen LogP contribution in [0.3, 0.4) is 0 Å². The molecule has 0 aliphatic carbocycles. The van der Waals surface area contributed by atoms with Gasteiger partial charge in [0.1, 0.15) is 11.6 Å². The molecule has 0 radical (unpaired) electrons. The molecule has 0 unspecified atom stereocenters. The van der Waals surface area contributed by atoms with E-state index in [0.717, 1.165) is 19.1 Å². The van der Waals surface area contributed by atoms with E-state index in [1.807, 2.05) is 0 Å². The summed E-state index contributed by atoms with van der Waals surface area (Å²) >= 11 is 0. The molecule has 1 aromatic carbocycles. The third-order valence-corrected chi connectivity index (χ3v) is 4.13. The Morgan fingerprint density at radius 3 is 2.63 bits per heavy atom. The van der Waals surface area contributed by atoms with Crippen LogP contribution in [0.2, 0.25) is 0 Å². The van der Waals surface area contributed by atoms with Crippen molar-refractivity contribution in [3.05, 3.63) is 58.3 Å². The van der Waals surface area contributed by atoms with Gasteiger partial charge in [-0.1, -0.05) is 6.07 Å². The van der Waals surface area contributed by atoms with Crippen molar-refractivity contribution in [1.29, 1.82) is 5.26 Å². The minimum absolute atomic E-state index is 0.209. The van der Waals surface area contributed by atoms with Crippen LogP contribution in [0.5, 0.6) is 0 Å². The molecule has 12 heteroatoms. The topological polar surface area (TPSA) is 94.5 Å². The molecule has 0 fully saturated rings. The maximum absolute atomic E-state index is 14.3. The number of halogens is 6. The Kier molecular flexibility index (Phi) is 5.22. The highest BCUT2D eigenvalue weighted by atomic mass is 19.4. The van der Waals surface area contributed by atoms with E-state index in [9.17, 15) is 31.1 Å². The molecule has 0 saturated carbocycles. The van der Waals surface area contributed by atoms with Crippen LogP contribution in [0.4, 0.5) is 32.0 Å². The number of amides is 1. The molecule has 0 aliphatic rings. The van der Waals surface area contributed by atoms with Gasteiger partial charge in [0.25, 0.3) is 5.91 Å². The van der Waals surface area contributed by atoms with Gasteiger partial charge in [-0.15, -0.1) is 5.10 Å².